The van der Waals surface area contributed by atoms with Crippen LogP contribution in [0.1, 0.15) is 15.9 Å². The summed E-state index contributed by atoms with van der Waals surface area (Å²) in [6.07, 6.45) is 0.737. The fourth-order valence-corrected chi connectivity index (χ4v) is 2.07. The summed E-state index contributed by atoms with van der Waals surface area (Å²) in [6.45, 7) is 2.16. The van der Waals surface area contributed by atoms with Crippen molar-refractivity contribution in [2.75, 3.05) is 33.7 Å². The van der Waals surface area contributed by atoms with Gasteiger partial charge in [0.2, 0.25) is 5.91 Å². The molecule has 0 spiro atoms. The van der Waals surface area contributed by atoms with Gasteiger partial charge in [0.15, 0.2) is 0 Å². The summed E-state index contributed by atoms with van der Waals surface area (Å²) in [7, 11) is 3.48. The van der Waals surface area contributed by atoms with Crippen LogP contribution in [0.25, 0.3) is 0 Å². The Hall–Kier alpha value is -1.88. The first kappa shape index (κ1) is 14.5. The number of carbonyl (C=O) groups excluding carboxylic acids is 2. The topological polar surface area (TPSA) is 61.4 Å². The second-order valence-corrected chi connectivity index (χ2v) is 5.30. The Labute approximate surface area is 119 Å². The van der Waals surface area contributed by atoms with Gasteiger partial charge in [0.1, 0.15) is 0 Å². The first-order valence-electron chi connectivity index (χ1n) is 6.87. The van der Waals surface area contributed by atoms with Crippen molar-refractivity contribution in [3.05, 3.63) is 35.4 Å². The van der Waals surface area contributed by atoms with Crippen LogP contribution in [0.4, 0.5) is 0 Å². The molecule has 1 saturated heterocycles. The number of nitrogens with one attached hydrogen (secondary N) is 2. The molecule has 1 aliphatic rings. The summed E-state index contributed by atoms with van der Waals surface area (Å²) in [5, 5.41) is 6.01. The predicted octanol–water partition coefficient (Wildman–Crippen LogP) is 0.267. The molecule has 20 heavy (non-hydrogen) atoms. The van der Waals surface area contributed by atoms with Gasteiger partial charge in [0.05, 0.1) is 5.92 Å². The number of hydrogen-bond acceptors (Lipinski definition) is 3. The number of rotatable bonds is 5. The smallest absolute Gasteiger partial charge is 0.253 e. The Morgan fingerprint density at radius 3 is 2.70 bits per heavy atom. The molecule has 0 atom stereocenters. The molecule has 0 saturated carbocycles. The zero-order valence-electron chi connectivity index (χ0n) is 12.0. The van der Waals surface area contributed by atoms with E-state index in [0.29, 0.717) is 12.1 Å². The molecule has 0 unspecified atom stereocenters. The summed E-state index contributed by atoms with van der Waals surface area (Å²) in [5.74, 6) is 0.234. The lowest BCUT2D eigenvalue weighted by molar-refractivity contribution is -0.126. The molecule has 1 aliphatic heterocycles. The molecule has 108 valence electrons. The van der Waals surface area contributed by atoms with E-state index in [9.17, 15) is 9.59 Å². The van der Waals surface area contributed by atoms with Crippen LogP contribution >= 0.6 is 0 Å². The van der Waals surface area contributed by atoms with E-state index < -0.39 is 0 Å². The molecular formula is C15H21N3O2. The van der Waals surface area contributed by atoms with Gasteiger partial charge in [0.25, 0.3) is 5.91 Å². The van der Waals surface area contributed by atoms with Gasteiger partial charge in [-0.2, -0.15) is 0 Å². The van der Waals surface area contributed by atoms with Gasteiger partial charge in [-0.25, -0.2) is 0 Å². The lowest BCUT2D eigenvalue weighted by atomic mass is 10.0. The molecule has 2 amide bonds. The predicted molar refractivity (Wildman–Crippen MR) is 77.5 cm³/mol. The van der Waals surface area contributed by atoms with Crippen LogP contribution in [0, 0.1) is 5.92 Å². The van der Waals surface area contributed by atoms with Crippen molar-refractivity contribution in [1.82, 2.24) is 15.5 Å². The number of nitrogens with zero attached hydrogens (tertiary/aromatic N) is 1. The zero-order valence-corrected chi connectivity index (χ0v) is 12.0. The van der Waals surface area contributed by atoms with Crippen LogP contribution in [0.3, 0.4) is 0 Å². The summed E-state index contributed by atoms with van der Waals surface area (Å²) in [4.78, 5) is 25.1. The van der Waals surface area contributed by atoms with E-state index in [4.69, 9.17) is 0 Å². The van der Waals surface area contributed by atoms with Crippen molar-refractivity contribution >= 4 is 11.8 Å². The standard InChI is InChI=1S/C15H21N3O2/c1-18(2)15(20)12-5-3-4-11(8-12)6-7-17-14(19)13-9-16-10-13/h3-5,8,13,16H,6-7,9-10H2,1-2H3,(H,17,19). The van der Waals surface area contributed by atoms with Crippen LogP contribution < -0.4 is 10.6 Å². The summed E-state index contributed by atoms with van der Waals surface area (Å²) in [6, 6.07) is 7.55. The maximum absolute atomic E-state index is 11.9. The maximum Gasteiger partial charge on any atom is 0.253 e. The molecule has 1 fully saturated rings. The Kier molecular flexibility index (Phi) is 4.74. The van der Waals surface area contributed by atoms with Crippen LogP contribution in [-0.4, -0.2) is 50.4 Å². The van der Waals surface area contributed by atoms with Crippen LogP contribution in [-0.2, 0) is 11.2 Å². The minimum absolute atomic E-state index is 0.00331. The number of carbonyl (C=O) groups is 2. The van der Waals surface area contributed by atoms with E-state index in [1.807, 2.05) is 24.3 Å². The molecule has 2 rings (SSSR count). The average Bonchev–Trinajstić information content (AvgIpc) is 2.36. The number of amides is 2. The second kappa shape index (κ2) is 6.52. The molecular weight excluding hydrogens is 254 g/mol. The molecule has 1 heterocycles. The quantitative estimate of drug-likeness (QED) is 0.810. The van der Waals surface area contributed by atoms with E-state index in [1.165, 1.54) is 0 Å². The molecule has 0 aromatic heterocycles. The van der Waals surface area contributed by atoms with Gasteiger partial charge < -0.3 is 15.5 Å². The number of benzene rings is 1. The van der Waals surface area contributed by atoms with Gasteiger partial charge in [-0.3, -0.25) is 9.59 Å². The molecule has 0 aliphatic carbocycles. The highest BCUT2D eigenvalue weighted by molar-refractivity contribution is 5.94. The highest BCUT2D eigenvalue weighted by Crippen LogP contribution is 2.08. The Morgan fingerprint density at radius 1 is 1.35 bits per heavy atom. The van der Waals surface area contributed by atoms with Crippen molar-refractivity contribution in [3.63, 3.8) is 0 Å². The normalized spacial score (nSPS) is 14.5. The molecule has 2 N–H and O–H groups in total. The van der Waals surface area contributed by atoms with E-state index in [2.05, 4.69) is 10.6 Å². The zero-order chi connectivity index (χ0) is 14.5. The molecule has 1 aromatic carbocycles. The summed E-state index contributed by atoms with van der Waals surface area (Å²) >= 11 is 0. The van der Waals surface area contributed by atoms with Crippen molar-refractivity contribution in [2.24, 2.45) is 5.92 Å². The first-order valence-corrected chi connectivity index (χ1v) is 6.87. The van der Waals surface area contributed by atoms with Crippen LogP contribution in [0.15, 0.2) is 24.3 Å². The third kappa shape index (κ3) is 3.57. The van der Waals surface area contributed by atoms with Crippen molar-refractivity contribution in [1.29, 1.82) is 0 Å². The Balaban J connectivity index is 1.85. The van der Waals surface area contributed by atoms with E-state index in [0.717, 1.165) is 25.1 Å². The van der Waals surface area contributed by atoms with Crippen molar-refractivity contribution in [2.45, 2.75) is 6.42 Å². The second-order valence-electron chi connectivity index (χ2n) is 5.30. The average molecular weight is 275 g/mol. The molecule has 5 nitrogen and oxygen atoms in total. The largest absolute Gasteiger partial charge is 0.355 e. The first-order chi connectivity index (χ1) is 9.58. The van der Waals surface area contributed by atoms with Gasteiger partial charge in [-0.15, -0.1) is 0 Å². The highest BCUT2D eigenvalue weighted by Gasteiger charge is 2.24. The van der Waals surface area contributed by atoms with Gasteiger partial charge in [-0.05, 0) is 24.1 Å². The van der Waals surface area contributed by atoms with Crippen molar-refractivity contribution in [3.8, 4) is 0 Å². The minimum Gasteiger partial charge on any atom is -0.355 e. The van der Waals surface area contributed by atoms with Crippen molar-refractivity contribution < 1.29 is 9.59 Å². The maximum atomic E-state index is 11.9. The molecule has 1 aromatic rings. The monoisotopic (exact) mass is 275 g/mol. The minimum atomic E-state index is -0.00331. The lowest BCUT2D eigenvalue weighted by Gasteiger charge is -2.25. The molecule has 0 radical (unpaired) electrons. The fourth-order valence-electron chi connectivity index (χ4n) is 2.07. The summed E-state index contributed by atoms with van der Waals surface area (Å²) < 4.78 is 0. The lowest BCUT2D eigenvalue weighted by Crippen LogP contribution is -2.51. The molecule has 5 heteroatoms. The summed E-state index contributed by atoms with van der Waals surface area (Å²) in [5.41, 5.74) is 1.74. The third-order valence-corrected chi connectivity index (χ3v) is 3.45. The third-order valence-electron chi connectivity index (χ3n) is 3.45. The molecule has 0 bridgehead atoms. The van der Waals surface area contributed by atoms with E-state index in [1.54, 1.807) is 19.0 Å². The SMILES string of the molecule is CN(C)C(=O)c1cccc(CCNC(=O)C2CNC2)c1. The Bertz CT molecular complexity index is 496. The highest BCUT2D eigenvalue weighted by atomic mass is 16.2. The number of hydrogen-bond donors (Lipinski definition) is 2. The Morgan fingerprint density at radius 2 is 2.10 bits per heavy atom. The van der Waals surface area contributed by atoms with Gasteiger partial charge in [-0.1, -0.05) is 12.1 Å². The fraction of sp³-hybridized carbons (Fsp3) is 0.467. The van der Waals surface area contributed by atoms with E-state index >= 15 is 0 Å². The van der Waals surface area contributed by atoms with Gasteiger partial charge >= 0.3 is 0 Å². The van der Waals surface area contributed by atoms with Gasteiger partial charge in [0, 0.05) is 39.3 Å². The van der Waals surface area contributed by atoms with Crippen LogP contribution in [0.5, 0.6) is 0 Å². The van der Waals surface area contributed by atoms with E-state index in [-0.39, 0.29) is 17.7 Å². The van der Waals surface area contributed by atoms with Crippen LogP contribution in [0.2, 0.25) is 0 Å².